The maximum Gasteiger partial charge on any atom is 0.328 e. The van der Waals surface area contributed by atoms with E-state index in [-0.39, 0.29) is 11.9 Å². The molecule has 34 heavy (non-hydrogen) atoms. The van der Waals surface area contributed by atoms with Crippen molar-refractivity contribution in [2.75, 3.05) is 16.8 Å². The zero-order valence-electron chi connectivity index (χ0n) is 19.4. The summed E-state index contributed by atoms with van der Waals surface area (Å²) in [7, 11) is 0. The largest absolute Gasteiger partial charge is 0.480 e. The summed E-state index contributed by atoms with van der Waals surface area (Å²) in [6.07, 6.45) is 1.72. The van der Waals surface area contributed by atoms with Gasteiger partial charge < -0.3 is 15.3 Å². The number of benzene rings is 3. The van der Waals surface area contributed by atoms with Crippen molar-refractivity contribution in [1.82, 2.24) is 0 Å². The lowest BCUT2D eigenvalue weighted by molar-refractivity contribution is -0.138. The quantitative estimate of drug-likeness (QED) is 0.496. The van der Waals surface area contributed by atoms with E-state index in [1.165, 1.54) is 0 Å². The van der Waals surface area contributed by atoms with Crippen molar-refractivity contribution in [3.05, 3.63) is 95.6 Å². The number of carboxylic acid groups (broad SMARTS) is 1. The van der Waals surface area contributed by atoms with E-state index in [4.69, 9.17) is 0 Å². The van der Waals surface area contributed by atoms with Crippen molar-refractivity contribution in [2.45, 2.75) is 38.8 Å². The Balaban J connectivity index is 1.70. The minimum atomic E-state index is -1.00. The second-order valence-corrected chi connectivity index (χ2v) is 8.58. The second kappa shape index (κ2) is 10.3. The highest BCUT2D eigenvalue weighted by Gasteiger charge is 2.31. The SMILES string of the molecule is Cc1ccc(NC(=O)C2CCCN2c2ccccc2)c(C(=NC(C)C(=O)O)c2ccccc2)c1. The maximum atomic E-state index is 13.4. The van der Waals surface area contributed by atoms with Crippen molar-refractivity contribution >= 4 is 29.0 Å². The van der Waals surface area contributed by atoms with Gasteiger partial charge in [-0.3, -0.25) is 9.79 Å². The Morgan fingerprint density at radius 2 is 1.71 bits per heavy atom. The number of para-hydroxylation sites is 1. The Morgan fingerprint density at radius 3 is 2.38 bits per heavy atom. The average Bonchev–Trinajstić information content (AvgIpc) is 3.35. The molecule has 2 N–H and O–H groups in total. The van der Waals surface area contributed by atoms with Crippen molar-refractivity contribution in [3.8, 4) is 0 Å². The zero-order valence-corrected chi connectivity index (χ0v) is 19.4. The maximum absolute atomic E-state index is 13.4. The van der Waals surface area contributed by atoms with Crippen LogP contribution < -0.4 is 10.2 Å². The molecule has 2 unspecified atom stereocenters. The van der Waals surface area contributed by atoms with E-state index < -0.39 is 12.0 Å². The first-order valence-corrected chi connectivity index (χ1v) is 11.5. The van der Waals surface area contributed by atoms with Crippen LogP contribution in [0.4, 0.5) is 11.4 Å². The van der Waals surface area contributed by atoms with Crippen LogP contribution in [0.3, 0.4) is 0 Å². The second-order valence-electron chi connectivity index (χ2n) is 8.58. The molecule has 0 aliphatic carbocycles. The minimum Gasteiger partial charge on any atom is -0.480 e. The number of hydrogen-bond donors (Lipinski definition) is 2. The number of carbonyl (C=O) groups excluding carboxylic acids is 1. The topological polar surface area (TPSA) is 82.0 Å². The molecule has 174 valence electrons. The lowest BCUT2D eigenvalue weighted by Crippen LogP contribution is -2.40. The summed E-state index contributed by atoms with van der Waals surface area (Å²) in [5.41, 5.74) is 4.69. The predicted octanol–water partition coefficient (Wildman–Crippen LogP) is 4.91. The van der Waals surface area contributed by atoms with Crippen LogP contribution in [0.25, 0.3) is 0 Å². The number of amides is 1. The summed E-state index contributed by atoms with van der Waals surface area (Å²) in [5, 5.41) is 12.6. The lowest BCUT2D eigenvalue weighted by atomic mass is 9.98. The van der Waals surface area contributed by atoms with E-state index in [9.17, 15) is 14.7 Å². The van der Waals surface area contributed by atoms with Gasteiger partial charge in [0.25, 0.3) is 0 Å². The number of carboxylic acids is 1. The van der Waals surface area contributed by atoms with Crippen LogP contribution in [0.1, 0.15) is 36.5 Å². The minimum absolute atomic E-state index is 0.0786. The van der Waals surface area contributed by atoms with Crippen molar-refractivity contribution in [2.24, 2.45) is 4.99 Å². The molecule has 1 amide bonds. The molecule has 3 aromatic rings. The smallest absolute Gasteiger partial charge is 0.328 e. The van der Waals surface area contributed by atoms with Crippen molar-refractivity contribution in [3.63, 3.8) is 0 Å². The van der Waals surface area contributed by atoms with Crippen LogP contribution >= 0.6 is 0 Å². The molecule has 1 fully saturated rings. The van der Waals surface area contributed by atoms with Crippen molar-refractivity contribution < 1.29 is 14.7 Å². The lowest BCUT2D eigenvalue weighted by Gasteiger charge is -2.26. The predicted molar refractivity (Wildman–Crippen MR) is 136 cm³/mol. The number of aliphatic carboxylic acids is 1. The summed E-state index contributed by atoms with van der Waals surface area (Å²) in [5.74, 6) is -1.08. The first kappa shape index (κ1) is 23.2. The molecule has 1 aliphatic rings. The molecular weight excluding hydrogens is 426 g/mol. The summed E-state index contributed by atoms with van der Waals surface area (Å²) >= 11 is 0. The van der Waals surface area contributed by atoms with Gasteiger partial charge in [-0.05, 0) is 51.0 Å². The number of aliphatic imine (C=N–C) groups is 1. The first-order chi connectivity index (χ1) is 16.4. The zero-order chi connectivity index (χ0) is 24.1. The molecular formula is C28H29N3O3. The third-order valence-electron chi connectivity index (χ3n) is 6.06. The third kappa shape index (κ3) is 5.17. The highest BCUT2D eigenvalue weighted by Crippen LogP contribution is 2.28. The fraction of sp³-hybridized carbons (Fsp3) is 0.250. The van der Waals surface area contributed by atoms with Gasteiger partial charge in [0, 0.05) is 23.4 Å². The number of carbonyl (C=O) groups is 2. The van der Waals surface area contributed by atoms with Crippen molar-refractivity contribution in [1.29, 1.82) is 0 Å². The molecule has 2 atom stereocenters. The molecule has 0 saturated carbocycles. The Bertz CT molecular complexity index is 1190. The fourth-order valence-corrected chi connectivity index (χ4v) is 4.29. The monoisotopic (exact) mass is 455 g/mol. The summed E-state index contributed by atoms with van der Waals surface area (Å²) in [6, 6.07) is 24.0. The number of anilines is 2. The number of hydrogen-bond acceptors (Lipinski definition) is 4. The van der Waals surface area contributed by atoms with Crippen LogP contribution in [0.2, 0.25) is 0 Å². The van der Waals surface area contributed by atoms with Gasteiger partial charge >= 0.3 is 5.97 Å². The molecule has 1 heterocycles. The molecule has 4 rings (SSSR count). The van der Waals surface area contributed by atoms with Gasteiger partial charge in [0.15, 0.2) is 0 Å². The number of nitrogens with one attached hydrogen (secondary N) is 1. The first-order valence-electron chi connectivity index (χ1n) is 11.5. The van der Waals surface area contributed by atoms with Gasteiger partial charge in [-0.2, -0.15) is 0 Å². The molecule has 3 aromatic carbocycles. The van der Waals surface area contributed by atoms with Gasteiger partial charge in [-0.25, -0.2) is 4.79 Å². The van der Waals surface area contributed by atoms with Crippen LogP contribution in [-0.2, 0) is 9.59 Å². The molecule has 1 aliphatic heterocycles. The Kier molecular flexibility index (Phi) is 7.07. The highest BCUT2D eigenvalue weighted by atomic mass is 16.4. The molecule has 6 heteroatoms. The average molecular weight is 456 g/mol. The van der Waals surface area contributed by atoms with Crippen LogP contribution in [-0.4, -0.2) is 41.3 Å². The molecule has 0 bridgehead atoms. The van der Waals surface area contributed by atoms with E-state index in [1.807, 2.05) is 85.8 Å². The number of rotatable bonds is 7. The van der Waals surface area contributed by atoms with Gasteiger partial charge in [0.05, 0.1) is 11.4 Å². The van der Waals surface area contributed by atoms with Gasteiger partial charge in [-0.15, -0.1) is 0 Å². The van der Waals surface area contributed by atoms with E-state index in [2.05, 4.69) is 15.2 Å². The summed E-state index contributed by atoms with van der Waals surface area (Å²) in [4.78, 5) is 31.7. The third-order valence-corrected chi connectivity index (χ3v) is 6.06. The van der Waals surface area contributed by atoms with E-state index in [0.717, 1.165) is 36.2 Å². The fourth-order valence-electron chi connectivity index (χ4n) is 4.29. The molecule has 1 saturated heterocycles. The normalized spacial score (nSPS) is 16.8. The Labute approximate surface area is 200 Å². The molecule has 0 radical (unpaired) electrons. The Hall–Kier alpha value is -3.93. The highest BCUT2D eigenvalue weighted by molar-refractivity contribution is 6.18. The summed E-state index contributed by atoms with van der Waals surface area (Å²) < 4.78 is 0. The van der Waals surface area contributed by atoms with Gasteiger partial charge in [0.2, 0.25) is 5.91 Å². The van der Waals surface area contributed by atoms with E-state index >= 15 is 0 Å². The van der Waals surface area contributed by atoms with E-state index in [1.54, 1.807) is 6.92 Å². The number of nitrogens with zero attached hydrogens (tertiary/aromatic N) is 2. The van der Waals surface area contributed by atoms with Crippen LogP contribution in [0, 0.1) is 6.92 Å². The van der Waals surface area contributed by atoms with Gasteiger partial charge in [-0.1, -0.05) is 60.2 Å². The Morgan fingerprint density at radius 1 is 1.03 bits per heavy atom. The molecule has 6 nitrogen and oxygen atoms in total. The van der Waals surface area contributed by atoms with Crippen LogP contribution in [0.15, 0.2) is 83.9 Å². The van der Waals surface area contributed by atoms with Gasteiger partial charge in [0.1, 0.15) is 12.1 Å². The summed E-state index contributed by atoms with van der Waals surface area (Å²) in [6.45, 7) is 4.34. The molecule has 0 aromatic heterocycles. The molecule has 0 spiro atoms. The van der Waals surface area contributed by atoms with E-state index in [0.29, 0.717) is 17.0 Å². The standard InChI is InChI=1S/C28H29N3O3/c1-19-15-16-24(30-27(32)25-14-9-17-31(25)22-12-7-4-8-13-22)23(18-19)26(29-20(2)28(33)34)21-10-5-3-6-11-21/h3-8,10-13,15-16,18,20,25H,9,14,17H2,1-2H3,(H,30,32)(H,33,34). The number of aryl methyl sites for hydroxylation is 1. The van der Waals surface area contributed by atoms with Crippen LogP contribution in [0.5, 0.6) is 0 Å².